The van der Waals surface area contributed by atoms with E-state index in [4.69, 9.17) is 36.1 Å². The van der Waals surface area contributed by atoms with E-state index in [0.717, 1.165) is 18.6 Å². The zero-order valence-electron chi connectivity index (χ0n) is 36.8. The number of aliphatic imine (C=N–C) groups is 1. The molecule has 13 N–H and O–H groups in total. The number of nitrogens with two attached hydrogens (primary N) is 3. The van der Waals surface area contributed by atoms with Crippen LogP contribution in [0.3, 0.4) is 0 Å². The fraction of sp³-hybridized carbons (Fsp3) is 0.354. The lowest BCUT2D eigenvalue weighted by Crippen LogP contribution is -2.67. The van der Waals surface area contributed by atoms with Gasteiger partial charge in [0.2, 0.25) is 12.1 Å². The Morgan fingerprint density at radius 2 is 1.66 bits per heavy atom. The predicted molar refractivity (Wildman–Crippen MR) is 241 cm³/mol. The van der Waals surface area contributed by atoms with Crippen LogP contribution in [0.2, 0.25) is 0 Å². The first-order chi connectivity index (χ1) is 31.9. The Labute approximate surface area is 384 Å². The molecule has 1 aliphatic carbocycles. The lowest BCUT2D eigenvalue weighted by atomic mass is 9.77. The number of hydrogen-bond donors (Lipinski definition) is 10. The molecule has 1 aliphatic heterocycles. The average Bonchev–Trinajstić information content (AvgIpc) is 3.28. The summed E-state index contributed by atoms with van der Waals surface area (Å²) in [7, 11) is 0. The molecule has 6 rings (SSSR count). The fourth-order valence-corrected chi connectivity index (χ4v) is 8.25. The fourth-order valence-electron chi connectivity index (χ4n) is 8.25. The van der Waals surface area contributed by atoms with Crippen LogP contribution in [-0.4, -0.2) is 122 Å². The summed E-state index contributed by atoms with van der Waals surface area (Å²) in [5, 5.41) is 76.7. The number of carbonyl (C=O) groups excluding carboxylic acids is 4. The van der Waals surface area contributed by atoms with E-state index in [9.17, 15) is 50.1 Å². The lowest BCUT2D eigenvalue weighted by Gasteiger charge is -2.45. The Hall–Kier alpha value is -6.39. The van der Waals surface area contributed by atoms with Gasteiger partial charge < -0.3 is 71.9 Å². The molecule has 1 saturated heterocycles. The number of fused-ring (bicyclic) bond motifs is 2. The largest absolute Gasteiger partial charge is 0.507 e. The summed E-state index contributed by atoms with van der Waals surface area (Å²) < 4.78 is 23.5. The molecule has 0 amide bonds. The van der Waals surface area contributed by atoms with Crippen LogP contribution in [0.4, 0.5) is 0 Å². The Morgan fingerprint density at radius 1 is 0.940 bits per heavy atom. The van der Waals surface area contributed by atoms with E-state index in [2.05, 4.69) is 4.99 Å². The van der Waals surface area contributed by atoms with Crippen LogP contribution in [0.5, 0.6) is 17.2 Å². The van der Waals surface area contributed by atoms with Gasteiger partial charge in [-0.3, -0.25) is 24.2 Å². The number of esters is 1. The molecule has 356 valence electrons. The first kappa shape index (κ1) is 50.0. The van der Waals surface area contributed by atoms with Crippen molar-refractivity contribution in [3.8, 4) is 17.2 Å². The molecule has 4 aromatic rings. The molecule has 1 heterocycles. The number of carbonyl (C=O) groups is 4. The van der Waals surface area contributed by atoms with Crippen molar-refractivity contribution in [2.75, 3.05) is 19.7 Å². The minimum absolute atomic E-state index is 0.0414. The average molecular weight is 927 g/mol. The van der Waals surface area contributed by atoms with Crippen LogP contribution in [-0.2, 0) is 40.3 Å². The molecule has 0 unspecified atom stereocenters. The number of aliphatic hydroxyl groups is 6. The molecule has 0 aromatic heterocycles. The molecular formula is C48H54N4O15. The van der Waals surface area contributed by atoms with Crippen LogP contribution in [0.1, 0.15) is 108 Å². The van der Waals surface area contributed by atoms with Gasteiger partial charge in [0.05, 0.1) is 44.1 Å². The van der Waals surface area contributed by atoms with E-state index in [-0.39, 0.29) is 81.5 Å². The molecular weight excluding hydrogens is 873 g/mol. The second-order valence-corrected chi connectivity index (χ2v) is 16.2. The van der Waals surface area contributed by atoms with Crippen LogP contribution < -0.4 is 26.7 Å². The van der Waals surface area contributed by atoms with Crippen LogP contribution in [0.25, 0.3) is 12.2 Å². The van der Waals surface area contributed by atoms with Gasteiger partial charge >= 0.3 is 5.97 Å². The minimum atomic E-state index is -3.04. The highest BCUT2D eigenvalue weighted by atomic mass is 16.7. The molecule has 19 heteroatoms. The number of ether oxygens (including phenoxy) is 4. The summed E-state index contributed by atoms with van der Waals surface area (Å²) in [4.78, 5) is 58.7. The number of ketones is 2. The summed E-state index contributed by atoms with van der Waals surface area (Å²) >= 11 is 0. The monoisotopic (exact) mass is 926 g/mol. The highest BCUT2D eigenvalue weighted by Gasteiger charge is 2.56. The number of aromatic hydroxyl groups is 1. The SMILES string of the molecule is CC(=O)Oc1cc(CO)c2c(c1/C=C/c1cccc(C[C@H](O)CCCN)c1)C(=O)c1cc(O[C@H]3O[C@@H](C)[C@@H](O)C(O)(O)[C@H]3OCCN=C(N)N)c(Cc3cccc(CO)c3C=O)c(O)c1C2=O. The van der Waals surface area contributed by atoms with E-state index in [0.29, 0.717) is 37.7 Å². The van der Waals surface area contributed by atoms with Crippen LogP contribution in [0.15, 0.2) is 59.6 Å². The van der Waals surface area contributed by atoms with Crippen molar-refractivity contribution >= 4 is 41.9 Å². The minimum Gasteiger partial charge on any atom is -0.507 e. The first-order valence-electron chi connectivity index (χ1n) is 21.4. The summed E-state index contributed by atoms with van der Waals surface area (Å²) in [6.07, 6.45) is -3.03. The highest BCUT2D eigenvalue weighted by molar-refractivity contribution is 6.31. The van der Waals surface area contributed by atoms with Crippen LogP contribution >= 0.6 is 0 Å². The normalized spacial score (nSPS) is 19.1. The first-order valence-corrected chi connectivity index (χ1v) is 21.4. The maximum Gasteiger partial charge on any atom is 0.308 e. The second kappa shape index (κ2) is 21.5. The molecule has 67 heavy (non-hydrogen) atoms. The van der Waals surface area contributed by atoms with Crippen molar-refractivity contribution in [1.82, 2.24) is 0 Å². The summed E-state index contributed by atoms with van der Waals surface area (Å²) in [5.74, 6) is -7.30. The van der Waals surface area contributed by atoms with Gasteiger partial charge in [0, 0.05) is 46.7 Å². The predicted octanol–water partition coefficient (Wildman–Crippen LogP) is 1.12. The van der Waals surface area contributed by atoms with E-state index in [1.54, 1.807) is 30.3 Å². The standard InChI is InChI=1S/C48H54N4O15/c1-24-44(61)48(62,63)45(64-15-14-52-47(50)51)46(65-24)67-37-20-34-40(41(58)33(37)18-28-8-4-9-29(21-53)35(28)23-55)43(60)38-30(22-54)19-36(66-25(2)56)32(39(38)42(34)59)12-11-26-6-3-7-27(16-26)17-31(57)10-5-13-49/h3-4,6-9,11-12,16,19-20,23-24,31,44-46,53-54,57-58,61-63H,5,10,13-15,17-18,21-22,49H2,1-2H3,(H4,50,51,52)/b12-11+/t24-,31+,44+,45-,46+/m0/s1. The number of hydrogen-bond acceptors (Lipinski definition) is 17. The summed E-state index contributed by atoms with van der Waals surface area (Å²) in [5.41, 5.74) is 16.4. The van der Waals surface area contributed by atoms with Gasteiger partial charge in [-0.05, 0) is 78.8 Å². The molecule has 0 bridgehead atoms. The molecule has 0 spiro atoms. The van der Waals surface area contributed by atoms with Crippen molar-refractivity contribution in [1.29, 1.82) is 0 Å². The molecule has 5 atom stereocenters. The number of phenols is 1. The maximum absolute atomic E-state index is 15.1. The topological polar surface area (TPSA) is 337 Å². The smallest absolute Gasteiger partial charge is 0.308 e. The van der Waals surface area contributed by atoms with Crippen molar-refractivity contribution in [2.45, 2.75) is 89.2 Å². The number of aldehydes is 1. The van der Waals surface area contributed by atoms with Gasteiger partial charge in [-0.1, -0.05) is 48.5 Å². The third-order valence-electron chi connectivity index (χ3n) is 11.5. The van der Waals surface area contributed by atoms with Gasteiger partial charge in [0.1, 0.15) is 23.4 Å². The van der Waals surface area contributed by atoms with Crippen molar-refractivity contribution in [3.63, 3.8) is 0 Å². The molecule has 2 aliphatic rings. The third kappa shape index (κ3) is 10.8. The second-order valence-electron chi connectivity index (χ2n) is 16.2. The zero-order chi connectivity index (χ0) is 48.7. The Morgan fingerprint density at radius 3 is 2.33 bits per heavy atom. The van der Waals surface area contributed by atoms with E-state index < -0.39 is 84.1 Å². The van der Waals surface area contributed by atoms with Crippen molar-refractivity contribution in [3.05, 3.63) is 121 Å². The van der Waals surface area contributed by atoms with Gasteiger partial charge in [-0.2, -0.15) is 0 Å². The third-order valence-corrected chi connectivity index (χ3v) is 11.5. The molecule has 0 saturated carbocycles. The Kier molecular flexibility index (Phi) is 16.0. The van der Waals surface area contributed by atoms with Gasteiger partial charge in [-0.25, -0.2) is 0 Å². The molecule has 4 aromatic carbocycles. The van der Waals surface area contributed by atoms with Gasteiger partial charge in [0.25, 0.3) is 0 Å². The van der Waals surface area contributed by atoms with Crippen molar-refractivity contribution in [2.24, 2.45) is 22.2 Å². The van der Waals surface area contributed by atoms with Crippen molar-refractivity contribution < 1.29 is 73.9 Å². The number of guanidine groups is 1. The Balaban J connectivity index is 1.54. The van der Waals surface area contributed by atoms with E-state index in [1.807, 2.05) is 6.07 Å². The van der Waals surface area contributed by atoms with E-state index in [1.165, 1.54) is 31.2 Å². The maximum atomic E-state index is 15.1. The number of nitrogens with zero attached hydrogens (tertiary/aromatic N) is 1. The number of benzene rings is 4. The highest BCUT2D eigenvalue weighted by Crippen LogP contribution is 2.46. The van der Waals surface area contributed by atoms with Gasteiger partial charge in [0.15, 0.2) is 29.9 Å². The zero-order valence-corrected chi connectivity index (χ0v) is 36.8. The lowest BCUT2D eigenvalue weighted by molar-refractivity contribution is -0.378. The number of aliphatic hydroxyl groups excluding tert-OH is 4. The summed E-state index contributed by atoms with van der Waals surface area (Å²) in [6.45, 7) is 1.00. The quantitative estimate of drug-likeness (QED) is 0.00810. The number of rotatable bonds is 19. The number of phenolic OH excluding ortho intramolecular Hbond substituents is 1. The molecule has 1 fully saturated rings. The Bertz CT molecular complexity index is 2590. The molecule has 0 radical (unpaired) electrons. The van der Waals surface area contributed by atoms with E-state index >= 15 is 4.79 Å². The van der Waals surface area contributed by atoms with Crippen LogP contribution in [0, 0.1) is 0 Å². The molecule has 19 nitrogen and oxygen atoms in total. The van der Waals surface area contributed by atoms with Gasteiger partial charge in [-0.15, -0.1) is 0 Å². The summed E-state index contributed by atoms with van der Waals surface area (Å²) in [6, 6.07) is 14.1.